The van der Waals surface area contributed by atoms with Gasteiger partial charge in [0.15, 0.2) is 6.61 Å². The van der Waals surface area contributed by atoms with E-state index < -0.39 is 5.97 Å². The van der Waals surface area contributed by atoms with Gasteiger partial charge in [-0.15, -0.1) is 0 Å². The molecule has 0 aromatic carbocycles. The third-order valence-electron chi connectivity index (χ3n) is 2.73. The largest absolute Gasteiger partial charge is 0.484 e. The molecule has 7 nitrogen and oxygen atoms in total. The Morgan fingerprint density at radius 1 is 1.47 bits per heavy atom. The summed E-state index contributed by atoms with van der Waals surface area (Å²) < 4.78 is 10.5. The molecule has 2 aromatic rings. The Kier molecular flexibility index (Phi) is 2.86. The number of hydrogen-bond donors (Lipinski definition) is 1. The number of hydrogen-bond acceptors (Lipinski definition) is 6. The minimum atomic E-state index is -1.07. The average molecular weight is 261 g/mol. The monoisotopic (exact) mass is 261 g/mol. The lowest BCUT2D eigenvalue weighted by molar-refractivity contribution is 0.0690. The minimum absolute atomic E-state index is 0.0251. The van der Waals surface area contributed by atoms with Gasteiger partial charge in [-0.2, -0.15) is 4.98 Å². The highest BCUT2D eigenvalue weighted by Gasteiger charge is 2.29. The quantitative estimate of drug-likeness (QED) is 0.872. The molecule has 2 heterocycles. The van der Waals surface area contributed by atoms with E-state index in [1.807, 2.05) is 0 Å². The van der Waals surface area contributed by atoms with Crippen LogP contribution in [-0.2, 0) is 6.61 Å². The van der Waals surface area contributed by atoms with Crippen LogP contribution in [0.3, 0.4) is 0 Å². The van der Waals surface area contributed by atoms with Crippen LogP contribution in [-0.4, -0.2) is 26.2 Å². The third-order valence-corrected chi connectivity index (χ3v) is 2.73. The van der Waals surface area contributed by atoms with Crippen LogP contribution < -0.4 is 4.74 Å². The normalized spacial score (nSPS) is 14.3. The SMILES string of the molecule is O=C(O)c1ccc(OCc2noc(C3CC3)n2)cn1. The summed E-state index contributed by atoms with van der Waals surface area (Å²) in [7, 11) is 0. The van der Waals surface area contributed by atoms with Crippen molar-refractivity contribution in [1.82, 2.24) is 15.1 Å². The zero-order valence-corrected chi connectivity index (χ0v) is 9.94. The van der Waals surface area contributed by atoms with Crippen molar-refractivity contribution < 1.29 is 19.2 Å². The van der Waals surface area contributed by atoms with Gasteiger partial charge in [0.2, 0.25) is 11.7 Å². The van der Waals surface area contributed by atoms with Crippen LogP contribution in [0.4, 0.5) is 0 Å². The number of ether oxygens (including phenoxy) is 1. The van der Waals surface area contributed by atoms with E-state index in [1.165, 1.54) is 12.3 Å². The molecule has 0 spiro atoms. The molecule has 1 aliphatic rings. The molecule has 0 bridgehead atoms. The Labute approximate surface area is 108 Å². The fourth-order valence-electron chi connectivity index (χ4n) is 1.56. The van der Waals surface area contributed by atoms with E-state index in [4.69, 9.17) is 14.4 Å². The Hall–Kier alpha value is -2.44. The number of carboxylic acids is 1. The maximum Gasteiger partial charge on any atom is 0.354 e. The van der Waals surface area contributed by atoms with E-state index in [9.17, 15) is 4.79 Å². The van der Waals surface area contributed by atoms with Gasteiger partial charge < -0.3 is 14.4 Å². The molecule has 3 rings (SSSR count). The molecule has 0 saturated heterocycles. The van der Waals surface area contributed by atoms with Gasteiger partial charge in [0.1, 0.15) is 11.4 Å². The van der Waals surface area contributed by atoms with Gasteiger partial charge in [-0.3, -0.25) is 0 Å². The van der Waals surface area contributed by atoms with Crippen LogP contribution in [0.25, 0.3) is 0 Å². The van der Waals surface area contributed by atoms with Crippen LogP contribution in [0.1, 0.15) is 41.0 Å². The van der Waals surface area contributed by atoms with Gasteiger partial charge in [0, 0.05) is 5.92 Å². The van der Waals surface area contributed by atoms with Crippen LogP contribution in [0.2, 0.25) is 0 Å². The van der Waals surface area contributed by atoms with E-state index in [0.717, 1.165) is 12.8 Å². The standard InChI is InChI=1S/C12H11N3O4/c16-12(17)9-4-3-8(5-13-9)18-6-10-14-11(19-15-10)7-1-2-7/h3-5,7H,1-2,6H2,(H,16,17). The molecule has 1 aliphatic carbocycles. The smallest absolute Gasteiger partial charge is 0.354 e. The molecule has 0 amide bonds. The van der Waals surface area contributed by atoms with Crippen molar-refractivity contribution in [3.05, 3.63) is 35.7 Å². The lowest BCUT2D eigenvalue weighted by atomic mass is 10.3. The summed E-state index contributed by atoms with van der Waals surface area (Å²) in [6.07, 6.45) is 3.55. The molecule has 0 atom stereocenters. The molecule has 1 fully saturated rings. The predicted octanol–water partition coefficient (Wildman–Crippen LogP) is 1.62. The van der Waals surface area contributed by atoms with Gasteiger partial charge in [-0.25, -0.2) is 9.78 Å². The van der Waals surface area contributed by atoms with Gasteiger partial charge in [-0.05, 0) is 25.0 Å². The second kappa shape index (κ2) is 4.68. The molecule has 19 heavy (non-hydrogen) atoms. The Bertz CT molecular complexity index is 589. The number of aromatic carboxylic acids is 1. The summed E-state index contributed by atoms with van der Waals surface area (Å²) >= 11 is 0. The van der Waals surface area contributed by atoms with E-state index in [-0.39, 0.29) is 12.3 Å². The molecule has 1 saturated carbocycles. The highest BCUT2D eigenvalue weighted by Crippen LogP contribution is 2.38. The zero-order chi connectivity index (χ0) is 13.2. The maximum atomic E-state index is 10.6. The lowest BCUT2D eigenvalue weighted by Gasteiger charge is -2.02. The first-order valence-corrected chi connectivity index (χ1v) is 5.87. The summed E-state index contributed by atoms with van der Waals surface area (Å²) in [5, 5.41) is 12.5. The van der Waals surface area contributed by atoms with Gasteiger partial charge in [0.25, 0.3) is 0 Å². The number of pyridine rings is 1. The Balaban J connectivity index is 1.59. The zero-order valence-electron chi connectivity index (χ0n) is 9.94. The average Bonchev–Trinajstić information content (AvgIpc) is 3.16. The highest BCUT2D eigenvalue weighted by atomic mass is 16.5. The van der Waals surface area contributed by atoms with Crippen molar-refractivity contribution in [3.8, 4) is 5.75 Å². The van der Waals surface area contributed by atoms with Crippen molar-refractivity contribution in [3.63, 3.8) is 0 Å². The Morgan fingerprint density at radius 2 is 2.32 bits per heavy atom. The molecular formula is C12H11N3O4. The van der Waals surface area contributed by atoms with Crippen LogP contribution in [0, 0.1) is 0 Å². The highest BCUT2D eigenvalue weighted by molar-refractivity contribution is 5.85. The maximum absolute atomic E-state index is 10.6. The molecule has 2 aromatic heterocycles. The van der Waals surface area contributed by atoms with E-state index in [1.54, 1.807) is 6.07 Å². The number of nitrogens with zero attached hydrogens (tertiary/aromatic N) is 3. The van der Waals surface area contributed by atoms with Crippen LogP contribution in [0.15, 0.2) is 22.9 Å². The summed E-state index contributed by atoms with van der Waals surface area (Å²) in [4.78, 5) is 18.6. The van der Waals surface area contributed by atoms with Crippen molar-refractivity contribution in [1.29, 1.82) is 0 Å². The minimum Gasteiger partial charge on any atom is -0.484 e. The topological polar surface area (TPSA) is 98.3 Å². The number of rotatable bonds is 5. The van der Waals surface area contributed by atoms with Crippen LogP contribution in [0.5, 0.6) is 5.75 Å². The molecule has 1 N–H and O–H groups in total. The van der Waals surface area contributed by atoms with Crippen molar-refractivity contribution in [2.75, 3.05) is 0 Å². The van der Waals surface area contributed by atoms with Crippen LogP contribution >= 0.6 is 0 Å². The number of carbonyl (C=O) groups is 1. The molecule has 7 heteroatoms. The molecule has 98 valence electrons. The molecular weight excluding hydrogens is 250 g/mol. The third kappa shape index (κ3) is 2.70. The van der Waals surface area contributed by atoms with E-state index >= 15 is 0 Å². The van der Waals surface area contributed by atoms with Gasteiger partial charge in [-0.1, -0.05) is 5.16 Å². The molecule has 0 unspecified atom stereocenters. The second-order valence-electron chi connectivity index (χ2n) is 4.30. The summed E-state index contributed by atoms with van der Waals surface area (Å²) in [6.45, 7) is 0.171. The number of carboxylic acid groups (broad SMARTS) is 1. The first kappa shape index (κ1) is 11.6. The summed E-state index contributed by atoms with van der Waals surface area (Å²) in [5.41, 5.74) is -0.0251. The van der Waals surface area contributed by atoms with Crippen molar-refractivity contribution in [2.24, 2.45) is 0 Å². The van der Waals surface area contributed by atoms with Crippen molar-refractivity contribution in [2.45, 2.75) is 25.4 Å². The lowest BCUT2D eigenvalue weighted by Crippen LogP contribution is -2.01. The van der Waals surface area contributed by atoms with E-state index in [0.29, 0.717) is 23.4 Å². The first-order valence-electron chi connectivity index (χ1n) is 5.87. The predicted molar refractivity (Wildman–Crippen MR) is 61.8 cm³/mol. The van der Waals surface area contributed by atoms with Gasteiger partial charge >= 0.3 is 5.97 Å². The second-order valence-corrected chi connectivity index (χ2v) is 4.30. The fraction of sp³-hybridized carbons (Fsp3) is 0.333. The molecule has 0 aliphatic heterocycles. The first-order chi connectivity index (χ1) is 9.22. The number of aromatic nitrogens is 3. The van der Waals surface area contributed by atoms with Crippen molar-refractivity contribution >= 4 is 5.97 Å². The van der Waals surface area contributed by atoms with Gasteiger partial charge in [0.05, 0.1) is 6.20 Å². The molecule has 0 radical (unpaired) electrons. The Morgan fingerprint density at radius 3 is 2.95 bits per heavy atom. The summed E-state index contributed by atoms with van der Waals surface area (Å²) in [6, 6.07) is 2.92. The van der Waals surface area contributed by atoms with E-state index in [2.05, 4.69) is 15.1 Å². The fourth-order valence-corrected chi connectivity index (χ4v) is 1.56. The summed E-state index contributed by atoms with van der Waals surface area (Å²) in [5.74, 6) is 0.946.